The van der Waals surface area contributed by atoms with Crippen LogP contribution in [0.15, 0.2) is 11.4 Å². The van der Waals surface area contributed by atoms with Gasteiger partial charge >= 0.3 is 12.3 Å². The summed E-state index contributed by atoms with van der Waals surface area (Å²) in [6, 6.07) is 1.53. The van der Waals surface area contributed by atoms with E-state index in [9.17, 15) is 22.7 Å². The first kappa shape index (κ1) is 14.7. The molecule has 0 saturated heterocycles. The van der Waals surface area contributed by atoms with E-state index in [1.807, 2.05) is 0 Å². The number of halogens is 5. The second-order valence-electron chi connectivity index (χ2n) is 3.23. The fourth-order valence-electron chi connectivity index (χ4n) is 0.989. The molecule has 1 aromatic rings. The Hall–Kier alpha value is -0.370. The summed E-state index contributed by atoms with van der Waals surface area (Å²) in [7, 11) is 0. The second-order valence-corrected chi connectivity index (χ2v) is 4.58. The molecule has 0 aliphatic carbocycles. The van der Waals surface area contributed by atoms with Crippen LogP contribution in [0.2, 0.25) is 5.02 Å². The van der Waals surface area contributed by atoms with Crippen molar-refractivity contribution < 1.29 is 27.4 Å². The van der Waals surface area contributed by atoms with Gasteiger partial charge in [-0.15, -0.1) is 11.3 Å². The van der Waals surface area contributed by atoms with Gasteiger partial charge in [0.1, 0.15) is 12.7 Å². The van der Waals surface area contributed by atoms with Gasteiger partial charge in [-0.25, -0.2) is 8.78 Å². The molecule has 0 spiro atoms. The molecule has 1 aromatic heterocycles. The third kappa shape index (κ3) is 4.09. The fraction of sp³-hybridized carbons (Fsp3) is 0.556. The molecule has 0 saturated carbocycles. The normalized spacial score (nSPS) is 14.3. The molecule has 0 radical (unpaired) electrons. The summed E-state index contributed by atoms with van der Waals surface area (Å²) in [5, 5.41) is 11.4. The molecule has 8 heteroatoms. The third-order valence-electron chi connectivity index (χ3n) is 1.84. The lowest BCUT2D eigenvalue weighted by atomic mass is 10.3. The Kier molecular flexibility index (Phi) is 5.18. The van der Waals surface area contributed by atoms with E-state index in [0.29, 0.717) is 4.88 Å². The average molecular weight is 293 g/mol. The Labute approximate surface area is 104 Å². The van der Waals surface area contributed by atoms with Gasteiger partial charge < -0.3 is 9.84 Å². The minimum atomic E-state index is -4.21. The Morgan fingerprint density at radius 2 is 2.12 bits per heavy atom. The van der Waals surface area contributed by atoms with Crippen LogP contribution < -0.4 is 0 Å². The van der Waals surface area contributed by atoms with E-state index >= 15 is 0 Å². The number of hydrogen-bond acceptors (Lipinski definition) is 3. The molecule has 2 nitrogen and oxygen atoms in total. The molecule has 0 aliphatic heterocycles. The number of aliphatic hydroxyl groups is 1. The molecule has 17 heavy (non-hydrogen) atoms. The maximum atomic E-state index is 12.4. The van der Waals surface area contributed by atoms with E-state index < -0.39 is 31.7 Å². The maximum Gasteiger partial charge on any atom is 0.330 e. The Balaban J connectivity index is 2.40. The molecule has 1 unspecified atom stereocenters. The van der Waals surface area contributed by atoms with Crippen molar-refractivity contribution in [2.24, 2.45) is 0 Å². The lowest BCUT2D eigenvalue weighted by molar-refractivity contribution is -0.170. The fourth-order valence-corrected chi connectivity index (χ4v) is 2.14. The summed E-state index contributed by atoms with van der Waals surface area (Å²) in [4.78, 5) is 0.354. The predicted molar refractivity (Wildman–Crippen MR) is 56.1 cm³/mol. The molecule has 1 atom stereocenters. The van der Waals surface area contributed by atoms with Crippen molar-refractivity contribution in [1.82, 2.24) is 0 Å². The van der Waals surface area contributed by atoms with Crippen molar-refractivity contribution in [2.45, 2.75) is 18.5 Å². The number of ether oxygens (including phenoxy) is 1. The summed E-state index contributed by atoms with van der Waals surface area (Å²) in [5.74, 6) is -4.21. The van der Waals surface area contributed by atoms with Crippen LogP contribution in [-0.4, -0.2) is 30.7 Å². The van der Waals surface area contributed by atoms with E-state index in [-0.39, 0.29) is 5.02 Å². The first-order chi connectivity index (χ1) is 7.84. The highest BCUT2D eigenvalue weighted by molar-refractivity contribution is 7.10. The highest BCUT2D eigenvalue weighted by Crippen LogP contribution is 2.29. The zero-order valence-electron chi connectivity index (χ0n) is 8.38. The highest BCUT2D eigenvalue weighted by atomic mass is 35.5. The van der Waals surface area contributed by atoms with Crippen LogP contribution in [0.5, 0.6) is 0 Å². The lowest BCUT2D eigenvalue weighted by Crippen LogP contribution is -2.33. The molecule has 0 aromatic carbocycles. The molecule has 0 bridgehead atoms. The summed E-state index contributed by atoms with van der Waals surface area (Å²) in [5.41, 5.74) is 0. The maximum absolute atomic E-state index is 12.4. The Bertz CT molecular complexity index is 359. The summed E-state index contributed by atoms with van der Waals surface area (Å²) < 4.78 is 52.8. The SMILES string of the molecule is OC(COCC(F)(F)C(F)F)c1sccc1Cl. The number of aliphatic hydroxyl groups excluding tert-OH is 1. The van der Waals surface area contributed by atoms with Crippen molar-refractivity contribution in [3.8, 4) is 0 Å². The number of rotatable bonds is 6. The van der Waals surface area contributed by atoms with E-state index in [1.165, 1.54) is 6.07 Å². The minimum absolute atomic E-state index is 0.284. The van der Waals surface area contributed by atoms with Crippen LogP contribution in [0.4, 0.5) is 17.6 Å². The van der Waals surface area contributed by atoms with Crippen LogP contribution in [0, 0.1) is 0 Å². The van der Waals surface area contributed by atoms with Gasteiger partial charge in [0.15, 0.2) is 0 Å². The predicted octanol–water partition coefficient (Wildman–Crippen LogP) is 3.35. The first-order valence-corrected chi connectivity index (χ1v) is 5.75. The first-order valence-electron chi connectivity index (χ1n) is 4.49. The van der Waals surface area contributed by atoms with Gasteiger partial charge in [-0.3, -0.25) is 0 Å². The minimum Gasteiger partial charge on any atom is -0.385 e. The standard InChI is InChI=1S/C9H9ClF4O2S/c10-5-1-2-17-7(5)6(15)3-16-4-9(13,14)8(11)12/h1-2,6,8,15H,3-4H2. The van der Waals surface area contributed by atoms with Crippen LogP contribution >= 0.6 is 22.9 Å². The molecule has 1 rings (SSSR count). The van der Waals surface area contributed by atoms with Crippen LogP contribution in [0.1, 0.15) is 11.0 Å². The Morgan fingerprint density at radius 3 is 2.59 bits per heavy atom. The largest absolute Gasteiger partial charge is 0.385 e. The van der Waals surface area contributed by atoms with E-state index in [4.69, 9.17) is 11.6 Å². The molecular weight excluding hydrogens is 284 g/mol. The van der Waals surface area contributed by atoms with Crippen LogP contribution in [0.25, 0.3) is 0 Å². The summed E-state index contributed by atoms with van der Waals surface area (Å²) in [6.07, 6.45) is -4.99. The number of hydrogen-bond donors (Lipinski definition) is 1. The van der Waals surface area contributed by atoms with Gasteiger partial charge in [-0.2, -0.15) is 8.78 Å². The van der Waals surface area contributed by atoms with Gasteiger partial charge in [0.2, 0.25) is 0 Å². The lowest BCUT2D eigenvalue weighted by Gasteiger charge is -2.16. The molecule has 0 aliphatic rings. The molecule has 0 amide bonds. The topological polar surface area (TPSA) is 29.5 Å². The van der Waals surface area contributed by atoms with Gasteiger partial charge in [0, 0.05) is 0 Å². The second kappa shape index (κ2) is 5.99. The molecule has 98 valence electrons. The van der Waals surface area contributed by atoms with Crippen molar-refractivity contribution in [3.05, 3.63) is 21.3 Å². The van der Waals surface area contributed by atoms with Gasteiger partial charge in [-0.05, 0) is 11.4 Å². The Morgan fingerprint density at radius 1 is 1.47 bits per heavy atom. The van der Waals surface area contributed by atoms with E-state index in [2.05, 4.69) is 4.74 Å². The van der Waals surface area contributed by atoms with E-state index in [0.717, 1.165) is 11.3 Å². The van der Waals surface area contributed by atoms with E-state index in [1.54, 1.807) is 5.38 Å². The average Bonchev–Trinajstić information content (AvgIpc) is 2.63. The van der Waals surface area contributed by atoms with Crippen molar-refractivity contribution in [3.63, 3.8) is 0 Å². The van der Waals surface area contributed by atoms with Crippen molar-refractivity contribution in [2.75, 3.05) is 13.2 Å². The quantitative estimate of drug-likeness (QED) is 0.815. The third-order valence-corrected chi connectivity index (χ3v) is 3.30. The van der Waals surface area contributed by atoms with Crippen LogP contribution in [0.3, 0.4) is 0 Å². The zero-order chi connectivity index (χ0) is 13.1. The smallest absolute Gasteiger partial charge is 0.330 e. The summed E-state index contributed by atoms with van der Waals surface area (Å²) in [6.45, 7) is -1.95. The summed E-state index contributed by atoms with van der Waals surface area (Å²) >= 11 is 6.80. The highest BCUT2D eigenvalue weighted by Gasteiger charge is 2.41. The van der Waals surface area contributed by atoms with Crippen LogP contribution in [-0.2, 0) is 4.74 Å². The number of alkyl halides is 4. The molecule has 1 heterocycles. The molecule has 1 N–H and O–H groups in total. The van der Waals surface area contributed by atoms with Gasteiger partial charge in [-0.1, -0.05) is 11.6 Å². The number of thiophene rings is 1. The monoisotopic (exact) mass is 292 g/mol. The molecular formula is C9H9ClF4O2S. The molecule has 0 fully saturated rings. The van der Waals surface area contributed by atoms with Crippen molar-refractivity contribution >= 4 is 22.9 Å². The van der Waals surface area contributed by atoms with Gasteiger partial charge in [0.25, 0.3) is 0 Å². The van der Waals surface area contributed by atoms with Crippen molar-refractivity contribution in [1.29, 1.82) is 0 Å². The zero-order valence-corrected chi connectivity index (χ0v) is 9.95. The van der Waals surface area contributed by atoms with Gasteiger partial charge in [0.05, 0.1) is 16.5 Å².